The third kappa shape index (κ3) is 4.63. The number of carbonyl (C=O) groups is 1. The Labute approximate surface area is 184 Å². The molecule has 30 heavy (non-hydrogen) atoms. The number of nitrogens with zero attached hydrogens (tertiary/aromatic N) is 1. The van der Waals surface area contributed by atoms with E-state index in [0.717, 1.165) is 30.6 Å². The van der Waals surface area contributed by atoms with Gasteiger partial charge in [-0.1, -0.05) is 53.0 Å². The number of fused-ring (bicyclic) bond motifs is 3. The van der Waals surface area contributed by atoms with Crippen LogP contribution in [0.1, 0.15) is 98.8 Å². The summed E-state index contributed by atoms with van der Waals surface area (Å²) in [6, 6.07) is 2.07. The molecule has 3 rings (SSSR count). The van der Waals surface area contributed by atoms with Crippen LogP contribution < -0.4 is 0 Å². The smallest absolute Gasteiger partial charge is 0.306 e. The molecule has 3 heteroatoms. The number of hydrogen-bond donors (Lipinski definition) is 0. The number of rotatable bonds is 8. The molecule has 0 amide bonds. The van der Waals surface area contributed by atoms with Crippen molar-refractivity contribution in [1.29, 1.82) is 5.26 Å². The van der Waals surface area contributed by atoms with Gasteiger partial charge >= 0.3 is 5.97 Å². The Hall–Kier alpha value is -1.30. The van der Waals surface area contributed by atoms with Gasteiger partial charge in [0.15, 0.2) is 0 Å². The van der Waals surface area contributed by atoms with Gasteiger partial charge in [0.05, 0.1) is 6.07 Å². The predicted octanol–water partition coefficient (Wildman–Crippen LogP) is 7.07. The first-order valence-corrected chi connectivity index (χ1v) is 12.5. The van der Waals surface area contributed by atoms with E-state index in [9.17, 15) is 4.79 Å². The van der Waals surface area contributed by atoms with Crippen molar-refractivity contribution in [1.82, 2.24) is 0 Å². The lowest BCUT2D eigenvalue weighted by molar-refractivity contribution is -0.196. The number of allylic oxidation sites excluding steroid dienone is 2. The monoisotopic (exact) mass is 413 g/mol. The van der Waals surface area contributed by atoms with Gasteiger partial charge < -0.3 is 4.74 Å². The fraction of sp³-hybridized carbons (Fsp3) is 0.852. The zero-order chi connectivity index (χ0) is 21.9. The number of carbonyl (C=O) groups excluding carboxylic acids is 1. The van der Waals surface area contributed by atoms with Gasteiger partial charge in [-0.25, -0.2) is 0 Å². The topological polar surface area (TPSA) is 50.1 Å². The number of hydrogen-bond acceptors (Lipinski definition) is 3. The summed E-state index contributed by atoms with van der Waals surface area (Å²) in [5.41, 5.74) is 0.0136. The number of esters is 1. The lowest BCUT2D eigenvalue weighted by Crippen LogP contribution is -2.55. The van der Waals surface area contributed by atoms with E-state index in [2.05, 4.69) is 40.7 Å². The van der Waals surface area contributed by atoms with Gasteiger partial charge in [0, 0.05) is 18.4 Å². The molecule has 3 nitrogen and oxygen atoms in total. The molecule has 0 aromatic heterocycles. The Morgan fingerprint density at radius 1 is 1.17 bits per heavy atom. The van der Waals surface area contributed by atoms with Crippen molar-refractivity contribution in [3.8, 4) is 6.07 Å². The molecule has 0 spiro atoms. The van der Waals surface area contributed by atoms with Crippen molar-refractivity contribution in [2.24, 2.45) is 40.9 Å². The second-order valence-electron chi connectivity index (χ2n) is 11.5. The molecule has 0 N–H and O–H groups in total. The minimum atomic E-state index is -0.373. The van der Waals surface area contributed by atoms with Gasteiger partial charge in [-0.2, -0.15) is 5.26 Å². The first-order chi connectivity index (χ1) is 14.2. The van der Waals surface area contributed by atoms with E-state index in [1.54, 1.807) is 6.08 Å². The predicted molar refractivity (Wildman–Crippen MR) is 121 cm³/mol. The van der Waals surface area contributed by atoms with E-state index in [0.29, 0.717) is 29.6 Å². The molecule has 2 aliphatic carbocycles. The van der Waals surface area contributed by atoms with Crippen LogP contribution in [0.4, 0.5) is 0 Å². The van der Waals surface area contributed by atoms with Crippen molar-refractivity contribution >= 4 is 5.97 Å². The second-order valence-corrected chi connectivity index (χ2v) is 11.5. The molecule has 1 saturated heterocycles. The highest BCUT2D eigenvalue weighted by Crippen LogP contribution is 2.64. The van der Waals surface area contributed by atoms with Gasteiger partial charge in [0.2, 0.25) is 0 Å². The molecule has 3 aliphatic rings. The van der Waals surface area contributed by atoms with Crippen molar-refractivity contribution in [3.05, 3.63) is 12.2 Å². The summed E-state index contributed by atoms with van der Waals surface area (Å²) in [4.78, 5) is 12.6. The summed E-state index contributed by atoms with van der Waals surface area (Å²) >= 11 is 0. The average Bonchev–Trinajstić information content (AvgIpc) is 3.02. The Kier molecular flexibility index (Phi) is 7.36. The third-order valence-electron chi connectivity index (χ3n) is 9.17. The van der Waals surface area contributed by atoms with Crippen LogP contribution in [0.5, 0.6) is 0 Å². The van der Waals surface area contributed by atoms with Crippen molar-refractivity contribution in [2.45, 2.75) is 104 Å². The fourth-order valence-electron chi connectivity index (χ4n) is 7.67. The quantitative estimate of drug-likeness (QED) is 0.316. The first kappa shape index (κ1) is 23.4. The molecule has 1 heterocycles. The minimum absolute atomic E-state index is 0.000643. The molecule has 3 unspecified atom stereocenters. The summed E-state index contributed by atoms with van der Waals surface area (Å²) in [6.45, 7) is 11.9. The van der Waals surface area contributed by atoms with Gasteiger partial charge in [0.1, 0.15) is 5.60 Å². The van der Waals surface area contributed by atoms with E-state index in [1.165, 1.54) is 44.9 Å². The Morgan fingerprint density at radius 3 is 2.63 bits per heavy atom. The summed E-state index contributed by atoms with van der Waals surface area (Å²) < 4.78 is 6.00. The van der Waals surface area contributed by atoms with Gasteiger partial charge in [0.25, 0.3) is 0 Å². The van der Waals surface area contributed by atoms with Gasteiger partial charge in [-0.05, 0) is 80.5 Å². The highest BCUT2D eigenvalue weighted by molar-refractivity contribution is 5.71. The Bertz CT molecular complexity index is 677. The molecule has 3 fully saturated rings. The fourth-order valence-corrected chi connectivity index (χ4v) is 7.67. The zero-order valence-corrected chi connectivity index (χ0v) is 20.0. The highest BCUT2D eigenvalue weighted by Gasteiger charge is 2.60. The van der Waals surface area contributed by atoms with Crippen LogP contribution in [0.15, 0.2) is 12.2 Å². The number of ether oxygens (including phenoxy) is 1. The molecule has 2 saturated carbocycles. The van der Waals surface area contributed by atoms with E-state index in [1.807, 2.05) is 6.08 Å². The van der Waals surface area contributed by atoms with Crippen LogP contribution in [-0.2, 0) is 9.53 Å². The van der Waals surface area contributed by atoms with E-state index in [-0.39, 0.29) is 11.6 Å². The number of cyclic esters (lactones) is 1. The molecule has 7 atom stereocenters. The maximum Gasteiger partial charge on any atom is 0.306 e. The Balaban J connectivity index is 1.72. The maximum atomic E-state index is 12.6. The summed E-state index contributed by atoms with van der Waals surface area (Å²) in [5.74, 6) is 4.00. The zero-order valence-electron chi connectivity index (χ0n) is 20.0. The molecular formula is C27H43NO2. The van der Waals surface area contributed by atoms with Gasteiger partial charge in [-0.3, -0.25) is 4.79 Å². The van der Waals surface area contributed by atoms with Crippen LogP contribution >= 0.6 is 0 Å². The van der Waals surface area contributed by atoms with Crippen molar-refractivity contribution in [3.63, 3.8) is 0 Å². The standard InChI is InChI=1S/C27H43NO2/c1-19(2)10-9-11-20(3)22-12-13-23-21-18-25(29)30-27(5,15-7-6-8-17-28)24(21)14-16-26(22,23)4/h6,8,19-24H,7,9-16,18H2,1-5H3/t20?,21-,22+,23?,24?,26+,27-/m0/s1. The normalized spacial score (nSPS) is 39.4. The first-order valence-electron chi connectivity index (χ1n) is 12.5. The molecular weight excluding hydrogens is 370 g/mol. The summed E-state index contributed by atoms with van der Waals surface area (Å²) in [5, 5.41) is 8.76. The lowest BCUT2D eigenvalue weighted by Gasteiger charge is -2.56. The SMILES string of the molecule is CC(C)CCCC(C)[C@H]1CCC2[C@@H]3CC(=O)O[C@@](C)(CCC=CC#N)C3CC[C@@]21C. The van der Waals surface area contributed by atoms with Crippen LogP contribution in [-0.4, -0.2) is 11.6 Å². The molecule has 0 aromatic carbocycles. The summed E-state index contributed by atoms with van der Waals surface area (Å²) in [6.07, 6.45) is 14.8. The maximum absolute atomic E-state index is 12.6. The van der Waals surface area contributed by atoms with Gasteiger partial charge in [-0.15, -0.1) is 0 Å². The molecule has 168 valence electrons. The molecule has 1 aliphatic heterocycles. The largest absolute Gasteiger partial charge is 0.459 e. The number of nitriles is 1. The molecule has 0 bridgehead atoms. The van der Waals surface area contributed by atoms with Crippen LogP contribution in [0, 0.1) is 52.3 Å². The Morgan fingerprint density at radius 2 is 1.93 bits per heavy atom. The molecule has 0 aromatic rings. The highest BCUT2D eigenvalue weighted by atomic mass is 16.6. The van der Waals surface area contributed by atoms with Crippen LogP contribution in [0.2, 0.25) is 0 Å². The molecule has 0 radical (unpaired) electrons. The second kappa shape index (κ2) is 9.46. The van der Waals surface area contributed by atoms with E-state index in [4.69, 9.17) is 10.00 Å². The minimum Gasteiger partial charge on any atom is -0.459 e. The van der Waals surface area contributed by atoms with Crippen LogP contribution in [0.25, 0.3) is 0 Å². The lowest BCUT2D eigenvalue weighted by atomic mass is 9.52. The van der Waals surface area contributed by atoms with Crippen molar-refractivity contribution in [2.75, 3.05) is 0 Å². The average molecular weight is 414 g/mol. The van der Waals surface area contributed by atoms with Crippen LogP contribution in [0.3, 0.4) is 0 Å². The van der Waals surface area contributed by atoms with E-state index >= 15 is 0 Å². The summed E-state index contributed by atoms with van der Waals surface area (Å²) in [7, 11) is 0. The van der Waals surface area contributed by atoms with E-state index < -0.39 is 0 Å². The van der Waals surface area contributed by atoms with Crippen molar-refractivity contribution < 1.29 is 9.53 Å². The third-order valence-corrected chi connectivity index (χ3v) is 9.17.